The molecule has 0 N–H and O–H groups in total. The number of hydrogen-bond donors (Lipinski definition) is 0. The normalized spacial score (nSPS) is 22.6. The lowest BCUT2D eigenvalue weighted by atomic mass is 9.85. The van der Waals surface area contributed by atoms with Gasteiger partial charge in [0.15, 0.2) is 0 Å². The predicted octanol–water partition coefficient (Wildman–Crippen LogP) is 6.01. The van der Waals surface area contributed by atoms with Gasteiger partial charge in [-0.1, -0.05) is 36.4 Å². The summed E-state index contributed by atoms with van der Waals surface area (Å²) in [5.74, 6) is 0. The zero-order chi connectivity index (χ0) is 19.9. The molecule has 28 heavy (non-hydrogen) atoms. The Labute approximate surface area is 167 Å². The Morgan fingerprint density at radius 3 is 2.68 bits per heavy atom. The summed E-state index contributed by atoms with van der Waals surface area (Å²) in [7, 11) is 0. The van der Waals surface area contributed by atoms with Crippen molar-refractivity contribution in [2.24, 2.45) is 0 Å². The minimum Gasteiger partial charge on any atom is -0.286 e. The molecule has 0 unspecified atom stereocenters. The molecule has 2 heterocycles. The molecule has 0 bridgehead atoms. The Balaban J connectivity index is 1.80. The van der Waals surface area contributed by atoms with E-state index in [9.17, 15) is 4.39 Å². The molecule has 1 aliphatic carbocycles. The van der Waals surface area contributed by atoms with Crippen molar-refractivity contribution in [2.75, 3.05) is 6.54 Å². The maximum absolute atomic E-state index is 14.7. The van der Waals surface area contributed by atoms with Crippen molar-refractivity contribution in [3.63, 3.8) is 0 Å². The van der Waals surface area contributed by atoms with Crippen LogP contribution in [0, 0.1) is 0 Å². The number of benzene rings is 1. The van der Waals surface area contributed by atoms with Gasteiger partial charge in [0.25, 0.3) is 0 Å². The van der Waals surface area contributed by atoms with Gasteiger partial charge in [0.1, 0.15) is 5.67 Å². The Morgan fingerprint density at radius 1 is 1.21 bits per heavy atom. The molecule has 2 nitrogen and oxygen atoms in total. The van der Waals surface area contributed by atoms with E-state index in [1.165, 1.54) is 22.3 Å². The number of rotatable bonds is 4. The number of allylic oxidation sites excluding steroid dienone is 1. The van der Waals surface area contributed by atoms with Crippen molar-refractivity contribution < 1.29 is 4.39 Å². The molecule has 1 aromatic heterocycles. The van der Waals surface area contributed by atoms with E-state index in [2.05, 4.69) is 53.2 Å². The third kappa shape index (κ3) is 3.56. The molecule has 146 valence electrons. The smallest absolute Gasteiger partial charge is 0.118 e. The molecular weight excluding hydrogens is 347 g/mol. The Kier molecular flexibility index (Phi) is 4.96. The van der Waals surface area contributed by atoms with Gasteiger partial charge in [0, 0.05) is 18.8 Å². The Hall–Kier alpha value is -2.26. The summed E-state index contributed by atoms with van der Waals surface area (Å²) < 4.78 is 14.7. The van der Waals surface area contributed by atoms with E-state index in [4.69, 9.17) is 0 Å². The fraction of sp³-hybridized carbons (Fsp3) is 0.400. The third-order valence-corrected chi connectivity index (χ3v) is 5.86. The molecule has 0 saturated heterocycles. The van der Waals surface area contributed by atoms with Gasteiger partial charge >= 0.3 is 0 Å². The van der Waals surface area contributed by atoms with Crippen LogP contribution in [0.5, 0.6) is 0 Å². The lowest BCUT2D eigenvalue weighted by Crippen LogP contribution is -2.46. The Morgan fingerprint density at radius 2 is 2.00 bits per heavy atom. The summed E-state index contributed by atoms with van der Waals surface area (Å²) in [5, 5.41) is 0. The monoisotopic (exact) mass is 376 g/mol. The van der Waals surface area contributed by atoms with Gasteiger partial charge in [-0.25, -0.2) is 4.39 Å². The van der Waals surface area contributed by atoms with Crippen LogP contribution < -0.4 is 0 Å². The second kappa shape index (κ2) is 7.29. The largest absolute Gasteiger partial charge is 0.286 e. The summed E-state index contributed by atoms with van der Waals surface area (Å²) in [4.78, 5) is 6.98. The molecule has 2 atom stereocenters. The van der Waals surface area contributed by atoms with Gasteiger partial charge in [0.05, 0.1) is 11.7 Å². The van der Waals surface area contributed by atoms with Crippen LogP contribution in [0.1, 0.15) is 62.5 Å². The quantitative estimate of drug-likeness (QED) is 0.650. The van der Waals surface area contributed by atoms with Crippen molar-refractivity contribution in [3.8, 4) is 0 Å². The van der Waals surface area contributed by atoms with Crippen LogP contribution in [-0.4, -0.2) is 28.1 Å². The predicted molar refractivity (Wildman–Crippen MR) is 115 cm³/mol. The maximum Gasteiger partial charge on any atom is 0.118 e. The number of halogens is 1. The molecule has 2 aromatic rings. The Bertz CT molecular complexity index is 918. The first-order valence-corrected chi connectivity index (χ1v) is 10.2. The van der Waals surface area contributed by atoms with E-state index in [0.717, 1.165) is 24.1 Å². The average Bonchev–Trinajstić information content (AvgIpc) is 3.00. The first kappa shape index (κ1) is 19.1. The van der Waals surface area contributed by atoms with Crippen molar-refractivity contribution in [1.82, 2.24) is 9.88 Å². The standard InChI is InChI=1S/C25H29FN2/c1-5-8-20-12-11-19(15-27-20)24-23-14-18-9-6-7-10-21(18)22(23)13-17(2)28(24)16-25(3,4)26/h5-12,15,17,24H,13-14,16H2,1-4H3/b8-5+/t17-,24-/m1/s1. The van der Waals surface area contributed by atoms with Crippen molar-refractivity contribution in [2.45, 2.75) is 58.3 Å². The lowest BCUT2D eigenvalue weighted by molar-refractivity contribution is 0.0701. The van der Waals surface area contributed by atoms with E-state index in [0.29, 0.717) is 6.54 Å². The van der Waals surface area contributed by atoms with Crippen LogP contribution in [0.3, 0.4) is 0 Å². The molecule has 2 aliphatic rings. The van der Waals surface area contributed by atoms with Crippen molar-refractivity contribution in [1.29, 1.82) is 0 Å². The summed E-state index contributed by atoms with van der Waals surface area (Å²) in [5.41, 5.74) is 6.52. The van der Waals surface area contributed by atoms with Gasteiger partial charge in [-0.2, -0.15) is 0 Å². The highest BCUT2D eigenvalue weighted by Gasteiger charge is 2.40. The topological polar surface area (TPSA) is 16.1 Å². The number of hydrogen-bond acceptors (Lipinski definition) is 2. The molecule has 1 aromatic carbocycles. The zero-order valence-corrected chi connectivity index (χ0v) is 17.2. The first-order valence-electron chi connectivity index (χ1n) is 10.2. The summed E-state index contributed by atoms with van der Waals surface area (Å²) in [6.45, 7) is 8.00. The van der Waals surface area contributed by atoms with E-state index in [1.54, 1.807) is 13.8 Å². The molecule has 0 amide bonds. The van der Waals surface area contributed by atoms with E-state index >= 15 is 0 Å². The van der Waals surface area contributed by atoms with Crippen molar-refractivity contribution in [3.05, 3.63) is 76.6 Å². The van der Waals surface area contributed by atoms with Crippen LogP contribution in [0.25, 0.3) is 11.6 Å². The second-order valence-corrected chi connectivity index (χ2v) is 8.70. The molecule has 4 rings (SSSR count). The van der Waals surface area contributed by atoms with Gasteiger partial charge in [-0.3, -0.25) is 9.88 Å². The molecule has 0 spiro atoms. The molecule has 3 heteroatoms. The van der Waals surface area contributed by atoms with Crippen LogP contribution in [0.4, 0.5) is 4.39 Å². The highest BCUT2D eigenvalue weighted by molar-refractivity contribution is 5.78. The lowest BCUT2D eigenvalue weighted by Gasteiger charge is -2.44. The van der Waals surface area contributed by atoms with E-state index in [1.807, 2.05) is 25.3 Å². The average molecular weight is 377 g/mol. The highest BCUT2D eigenvalue weighted by atomic mass is 19.1. The fourth-order valence-electron chi connectivity index (χ4n) is 4.75. The fourth-order valence-corrected chi connectivity index (χ4v) is 4.75. The van der Waals surface area contributed by atoms with Crippen LogP contribution in [-0.2, 0) is 6.42 Å². The number of alkyl halides is 1. The van der Waals surface area contributed by atoms with Gasteiger partial charge < -0.3 is 0 Å². The SMILES string of the molecule is C/C=C/c1ccc([C@@H]2C3=C(C[C@@H](C)N2CC(C)(C)F)c2ccccc2C3)cn1. The van der Waals surface area contributed by atoms with Crippen LogP contribution >= 0.6 is 0 Å². The third-order valence-electron chi connectivity index (χ3n) is 5.86. The first-order chi connectivity index (χ1) is 13.4. The summed E-state index contributed by atoms with van der Waals surface area (Å²) >= 11 is 0. The molecule has 0 saturated carbocycles. The molecular formula is C25H29FN2. The summed E-state index contributed by atoms with van der Waals surface area (Å²) in [6.07, 6.45) is 7.90. The van der Waals surface area contributed by atoms with Crippen LogP contribution in [0.2, 0.25) is 0 Å². The number of nitrogens with zero attached hydrogens (tertiary/aromatic N) is 2. The second-order valence-electron chi connectivity index (χ2n) is 8.70. The van der Waals surface area contributed by atoms with Gasteiger partial charge in [-0.15, -0.1) is 0 Å². The minimum absolute atomic E-state index is 0.0772. The minimum atomic E-state index is -1.24. The maximum atomic E-state index is 14.7. The number of aromatic nitrogens is 1. The number of fused-ring (bicyclic) bond motifs is 2. The molecule has 1 aliphatic heterocycles. The van der Waals surface area contributed by atoms with Crippen LogP contribution in [0.15, 0.2) is 54.2 Å². The summed E-state index contributed by atoms with van der Waals surface area (Å²) in [6, 6.07) is 13.3. The molecule has 0 fully saturated rings. The van der Waals surface area contributed by atoms with E-state index < -0.39 is 5.67 Å². The van der Waals surface area contributed by atoms with Crippen molar-refractivity contribution >= 4 is 11.6 Å². The van der Waals surface area contributed by atoms with E-state index in [-0.39, 0.29) is 12.1 Å². The highest BCUT2D eigenvalue weighted by Crippen LogP contribution is 2.48. The van der Waals surface area contributed by atoms with Gasteiger partial charge in [-0.05, 0) is 80.5 Å². The molecule has 0 radical (unpaired) electrons. The zero-order valence-electron chi connectivity index (χ0n) is 17.2. The van der Waals surface area contributed by atoms with Gasteiger partial charge in [0.2, 0.25) is 0 Å². The number of pyridine rings is 1.